The molecule has 1 fully saturated rings. The summed E-state index contributed by atoms with van der Waals surface area (Å²) < 4.78 is 39.0. The van der Waals surface area contributed by atoms with E-state index in [2.05, 4.69) is 20.5 Å². The van der Waals surface area contributed by atoms with E-state index < -0.39 is 29.7 Å². The van der Waals surface area contributed by atoms with Gasteiger partial charge in [-0.05, 0) is 60.9 Å². The summed E-state index contributed by atoms with van der Waals surface area (Å²) in [5.74, 6) is -0.827. The predicted molar refractivity (Wildman–Crippen MR) is 137 cm³/mol. The zero-order chi connectivity index (χ0) is 26.6. The number of morpholine rings is 1. The van der Waals surface area contributed by atoms with Crippen LogP contribution in [0.4, 0.5) is 25.1 Å². The topological polar surface area (TPSA) is 92.8 Å². The SMILES string of the molecule is O=C(N[C@H]1CCc2c(C(=O)Nc3ccc(F)c(Cl)c3)ccc(F)c21)OCc1cccc(N2CCOCC2)n1. The van der Waals surface area contributed by atoms with Gasteiger partial charge in [-0.25, -0.2) is 18.6 Å². The first-order valence-electron chi connectivity index (χ1n) is 12.2. The third-order valence-corrected chi connectivity index (χ3v) is 6.82. The van der Waals surface area contributed by atoms with Gasteiger partial charge in [0.15, 0.2) is 0 Å². The number of hydrogen-bond acceptors (Lipinski definition) is 6. The van der Waals surface area contributed by atoms with Gasteiger partial charge in [0.05, 0.1) is 30.0 Å². The molecule has 2 heterocycles. The number of amides is 2. The van der Waals surface area contributed by atoms with Crippen LogP contribution in [0, 0.1) is 11.6 Å². The number of aromatic nitrogens is 1. The van der Waals surface area contributed by atoms with Crippen molar-refractivity contribution in [2.75, 3.05) is 36.5 Å². The highest BCUT2D eigenvalue weighted by molar-refractivity contribution is 6.31. The van der Waals surface area contributed by atoms with Crippen molar-refractivity contribution in [3.63, 3.8) is 0 Å². The summed E-state index contributed by atoms with van der Waals surface area (Å²) in [5.41, 5.74) is 1.91. The molecule has 1 aliphatic heterocycles. The van der Waals surface area contributed by atoms with Gasteiger partial charge in [-0.1, -0.05) is 17.7 Å². The lowest BCUT2D eigenvalue weighted by Crippen LogP contribution is -2.36. The maximum atomic E-state index is 14.8. The molecule has 0 unspecified atom stereocenters. The van der Waals surface area contributed by atoms with Gasteiger partial charge in [0.1, 0.15) is 24.1 Å². The average molecular weight is 543 g/mol. The van der Waals surface area contributed by atoms with Crippen LogP contribution in [-0.2, 0) is 22.5 Å². The van der Waals surface area contributed by atoms with E-state index in [1.165, 1.54) is 24.3 Å². The van der Waals surface area contributed by atoms with Crippen LogP contribution in [-0.4, -0.2) is 43.3 Å². The number of nitrogens with zero attached hydrogens (tertiary/aromatic N) is 2. The number of anilines is 2. The minimum absolute atomic E-state index is 0.0469. The van der Waals surface area contributed by atoms with Crippen molar-refractivity contribution in [2.24, 2.45) is 0 Å². The number of ether oxygens (including phenoxy) is 2. The quantitative estimate of drug-likeness (QED) is 0.454. The van der Waals surface area contributed by atoms with Gasteiger partial charge in [-0.2, -0.15) is 0 Å². The second-order valence-corrected chi connectivity index (χ2v) is 9.38. The summed E-state index contributed by atoms with van der Waals surface area (Å²) >= 11 is 5.79. The number of alkyl carbamates (subject to hydrolysis) is 1. The van der Waals surface area contributed by atoms with Crippen LogP contribution in [0.5, 0.6) is 0 Å². The zero-order valence-corrected chi connectivity index (χ0v) is 21.1. The van der Waals surface area contributed by atoms with Crippen molar-refractivity contribution in [1.29, 1.82) is 0 Å². The highest BCUT2D eigenvalue weighted by atomic mass is 35.5. The molecule has 11 heteroatoms. The Kier molecular flexibility index (Phi) is 7.71. The van der Waals surface area contributed by atoms with Gasteiger partial charge in [0.2, 0.25) is 0 Å². The molecule has 0 bridgehead atoms. The number of benzene rings is 2. The number of nitrogens with one attached hydrogen (secondary N) is 2. The second-order valence-electron chi connectivity index (χ2n) is 8.97. The first-order valence-corrected chi connectivity index (χ1v) is 12.6. The molecular formula is C27H25ClF2N4O4. The molecule has 1 saturated heterocycles. The Bertz CT molecular complexity index is 1370. The monoisotopic (exact) mass is 542 g/mol. The molecule has 198 valence electrons. The lowest BCUT2D eigenvalue weighted by atomic mass is 10.0. The van der Waals surface area contributed by atoms with E-state index in [0.29, 0.717) is 43.0 Å². The normalized spacial score (nSPS) is 16.6. The summed E-state index contributed by atoms with van der Waals surface area (Å²) in [6.45, 7) is 2.70. The van der Waals surface area contributed by atoms with Crippen LogP contribution < -0.4 is 15.5 Å². The Hall–Kier alpha value is -3.76. The van der Waals surface area contributed by atoms with Gasteiger partial charge >= 0.3 is 6.09 Å². The van der Waals surface area contributed by atoms with Crippen molar-refractivity contribution in [3.05, 3.63) is 87.6 Å². The first kappa shape index (κ1) is 25.9. The molecule has 1 atom stereocenters. The van der Waals surface area contributed by atoms with E-state index >= 15 is 0 Å². The molecule has 2 aliphatic rings. The minimum atomic E-state index is -0.711. The van der Waals surface area contributed by atoms with Crippen LogP contribution in [0.3, 0.4) is 0 Å². The van der Waals surface area contributed by atoms with E-state index in [9.17, 15) is 18.4 Å². The lowest BCUT2D eigenvalue weighted by Gasteiger charge is -2.28. The van der Waals surface area contributed by atoms with Crippen molar-refractivity contribution in [3.8, 4) is 0 Å². The van der Waals surface area contributed by atoms with E-state index in [0.717, 1.165) is 25.0 Å². The third-order valence-electron chi connectivity index (χ3n) is 6.53. The molecule has 0 radical (unpaired) electrons. The average Bonchev–Trinajstić information content (AvgIpc) is 3.34. The number of fused-ring (bicyclic) bond motifs is 1. The first-order chi connectivity index (χ1) is 18.4. The molecule has 2 aromatic carbocycles. The summed E-state index contributed by atoms with van der Waals surface area (Å²) in [7, 11) is 0. The molecule has 2 N–H and O–H groups in total. The number of pyridine rings is 1. The Labute approximate surface area is 222 Å². The molecule has 3 aromatic rings. The fourth-order valence-corrected chi connectivity index (χ4v) is 4.86. The molecular weight excluding hydrogens is 518 g/mol. The summed E-state index contributed by atoms with van der Waals surface area (Å²) in [5, 5.41) is 5.24. The van der Waals surface area contributed by atoms with Crippen LogP contribution >= 0.6 is 11.6 Å². The standard InChI is InChI=1S/C27H25ClF2N4O4/c28-20-14-16(4-7-21(20)29)32-26(35)19-5-8-22(30)25-18(19)6-9-23(25)33-27(36)38-15-17-2-1-3-24(31-17)34-10-12-37-13-11-34/h1-5,7-8,14,23H,6,9-13,15H2,(H,32,35)(H,33,36)/t23-/m0/s1. The fourth-order valence-electron chi connectivity index (χ4n) is 4.68. The molecule has 0 saturated carbocycles. The van der Waals surface area contributed by atoms with Crippen molar-refractivity contribution < 1.29 is 27.8 Å². The van der Waals surface area contributed by atoms with E-state index in [1.54, 1.807) is 6.07 Å². The van der Waals surface area contributed by atoms with Gasteiger partial charge in [0, 0.05) is 29.9 Å². The largest absolute Gasteiger partial charge is 0.443 e. The highest BCUT2D eigenvalue weighted by Gasteiger charge is 2.31. The number of rotatable bonds is 6. The number of carbonyl (C=O) groups is 2. The maximum absolute atomic E-state index is 14.8. The molecule has 0 spiro atoms. The van der Waals surface area contributed by atoms with Crippen molar-refractivity contribution >= 4 is 35.1 Å². The van der Waals surface area contributed by atoms with Gasteiger partial charge in [-0.3, -0.25) is 4.79 Å². The van der Waals surface area contributed by atoms with Crippen molar-refractivity contribution in [1.82, 2.24) is 10.3 Å². The van der Waals surface area contributed by atoms with E-state index in [4.69, 9.17) is 21.1 Å². The van der Waals surface area contributed by atoms with Crippen LogP contribution in [0.15, 0.2) is 48.5 Å². The molecule has 38 heavy (non-hydrogen) atoms. The minimum Gasteiger partial charge on any atom is -0.443 e. The summed E-state index contributed by atoms with van der Waals surface area (Å²) in [6.07, 6.45) is 0.0732. The van der Waals surface area contributed by atoms with Crippen LogP contribution in [0.1, 0.15) is 39.6 Å². The number of hydrogen-bond donors (Lipinski definition) is 2. The highest BCUT2D eigenvalue weighted by Crippen LogP contribution is 2.36. The number of halogens is 3. The molecule has 1 aliphatic carbocycles. The van der Waals surface area contributed by atoms with Gasteiger partial charge in [0.25, 0.3) is 5.91 Å². The molecule has 1 aromatic heterocycles. The fraction of sp³-hybridized carbons (Fsp3) is 0.296. The van der Waals surface area contributed by atoms with E-state index in [1.807, 2.05) is 12.1 Å². The third kappa shape index (κ3) is 5.71. The van der Waals surface area contributed by atoms with Crippen LogP contribution in [0.25, 0.3) is 0 Å². The molecule has 2 amide bonds. The Morgan fingerprint density at radius 3 is 2.68 bits per heavy atom. The summed E-state index contributed by atoms with van der Waals surface area (Å²) in [4.78, 5) is 32.1. The zero-order valence-electron chi connectivity index (χ0n) is 20.3. The maximum Gasteiger partial charge on any atom is 0.408 e. The Balaban J connectivity index is 1.23. The summed E-state index contributed by atoms with van der Waals surface area (Å²) in [6, 6.07) is 11.3. The van der Waals surface area contributed by atoms with E-state index in [-0.39, 0.29) is 22.8 Å². The Morgan fingerprint density at radius 1 is 1.11 bits per heavy atom. The van der Waals surface area contributed by atoms with Crippen molar-refractivity contribution in [2.45, 2.75) is 25.5 Å². The second kappa shape index (κ2) is 11.3. The number of carbonyl (C=O) groups excluding carboxylic acids is 2. The molecule has 5 rings (SSSR count). The van der Waals surface area contributed by atoms with Gasteiger partial charge < -0.3 is 25.0 Å². The Morgan fingerprint density at radius 2 is 1.89 bits per heavy atom. The molecule has 8 nitrogen and oxygen atoms in total. The predicted octanol–water partition coefficient (Wildman–Crippen LogP) is 5.02. The smallest absolute Gasteiger partial charge is 0.408 e. The van der Waals surface area contributed by atoms with Crippen LogP contribution in [0.2, 0.25) is 5.02 Å². The van der Waals surface area contributed by atoms with Gasteiger partial charge in [-0.15, -0.1) is 0 Å². The lowest BCUT2D eigenvalue weighted by molar-refractivity contribution is 0.102.